The van der Waals surface area contributed by atoms with Crippen molar-refractivity contribution in [2.24, 2.45) is 0 Å². The van der Waals surface area contributed by atoms with E-state index in [1.807, 2.05) is 0 Å². The summed E-state index contributed by atoms with van der Waals surface area (Å²) in [6.07, 6.45) is -0.162. The van der Waals surface area contributed by atoms with Crippen LogP contribution in [0.2, 0.25) is 0 Å². The second-order valence-corrected chi connectivity index (χ2v) is 4.72. The third kappa shape index (κ3) is 2.38. The quantitative estimate of drug-likeness (QED) is 0.871. The number of nitrogens with two attached hydrogens (primary N) is 1. The zero-order valence-corrected chi connectivity index (χ0v) is 10.4. The molecule has 2 N–H and O–H groups in total. The van der Waals surface area contributed by atoms with Gasteiger partial charge in [-0.1, -0.05) is 6.07 Å². The Morgan fingerprint density at radius 2 is 2.17 bits per heavy atom. The van der Waals surface area contributed by atoms with Crippen LogP contribution in [-0.4, -0.2) is 10.8 Å². The minimum Gasteiger partial charge on any atom is -0.375 e. The van der Waals surface area contributed by atoms with E-state index in [9.17, 15) is 13.6 Å². The van der Waals surface area contributed by atoms with Crippen LogP contribution in [0.4, 0.5) is 13.9 Å². The summed E-state index contributed by atoms with van der Waals surface area (Å²) in [6.45, 7) is 1.48. The highest BCUT2D eigenvalue weighted by Gasteiger charge is 2.20. The number of hydrogen-bond acceptors (Lipinski definition) is 4. The molecule has 0 aliphatic carbocycles. The van der Waals surface area contributed by atoms with Gasteiger partial charge in [-0.3, -0.25) is 4.79 Å². The van der Waals surface area contributed by atoms with E-state index in [1.165, 1.54) is 24.3 Å². The molecule has 0 amide bonds. The standard InChI is InChI=1S/C12H10F2N2OS/c1-6-2-3-8(13)10(11(6)14)9(17)4-7-5-18-12(15)16-7/h2-3,5H,4H2,1H3,(H2,15,16). The number of hydrogen-bond donors (Lipinski definition) is 1. The smallest absolute Gasteiger partial charge is 0.180 e. The molecule has 0 fully saturated rings. The van der Waals surface area contributed by atoms with Crippen molar-refractivity contribution in [2.75, 3.05) is 5.73 Å². The Morgan fingerprint density at radius 3 is 2.78 bits per heavy atom. The van der Waals surface area contributed by atoms with E-state index in [4.69, 9.17) is 5.73 Å². The molecule has 0 unspecified atom stereocenters. The second-order valence-electron chi connectivity index (χ2n) is 3.83. The Labute approximate surface area is 106 Å². The van der Waals surface area contributed by atoms with Gasteiger partial charge in [0.25, 0.3) is 0 Å². The van der Waals surface area contributed by atoms with Crippen LogP contribution in [0.1, 0.15) is 21.6 Å². The average Bonchev–Trinajstić information content (AvgIpc) is 2.70. The molecule has 0 bridgehead atoms. The van der Waals surface area contributed by atoms with E-state index in [0.29, 0.717) is 10.8 Å². The fourth-order valence-electron chi connectivity index (χ4n) is 1.57. The molecular formula is C12H10F2N2OS. The van der Waals surface area contributed by atoms with Gasteiger partial charge in [0.2, 0.25) is 0 Å². The number of nitrogen functional groups attached to an aromatic ring is 1. The van der Waals surface area contributed by atoms with Crippen molar-refractivity contribution in [1.82, 2.24) is 4.98 Å². The van der Waals surface area contributed by atoms with Gasteiger partial charge in [-0.2, -0.15) is 0 Å². The lowest BCUT2D eigenvalue weighted by Crippen LogP contribution is -2.10. The molecule has 3 nitrogen and oxygen atoms in total. The van der Waals surface area contributed by atoms with E-state index in [2.05, 4.69) is 4.98 Å². The molecule has 0 saturated carbocycles. The van der Waals surface area contributed by atoms with E-state index in [1.54, 1.807) is 5.38 Å². The summed E-state index contributed by atoms with van der Waals surface area (Å²) in [7, 11) is 0. The van der Waals surface area contributed by atoms with Gasteiger partial charge >= 0.3 is 0 Å². The number of anilines is 1. The number of thiazole rings is 1. The number of benzene rings is 1. The molecule has 0 spiro atoms. The van der Waals surface area contributed by atoms with E-state index >= 15 is 0 Å². The number of aromatic nitrogens is 1. The highest BCUT2D eigenvalue weighted by atomic mass is 32.1. The molecule has 0 atom stereocenters. The van der Waals surface area contributed by atoms with Crippen molar-refractivity contribution in [3.05, 3.63) is 46.0 Å². The highest BCUT2D eigenvalue weighted by molar-refractivity contribution is 7.13. The third-order valence-corrected chi connectivity index (χ3v) is 3.20. The predicted octanol–water partition coefficient (Wildman–Crippen LogP) is 2.74. The molecule has 2 aromatic rings. The number of carbonyl (C=O) groups excluding carboxylic acids is 1. The van der Waals surface area contributed by atoms with Gasteiger partial charge in [0.1, 0.15) is 11.6 Å². The minimum absolute atomic E-state index is 0.162. The second kappa shape index (κ2) is 4.81. The van der Waals surface area contributed by atoms with Crippen LogP contribution in [-0.2, 0) is 6.42 Å². The normalized spacial score (nSPS) is 10.6. The van der Waals surface area contributed by atoms with Crippen LogP contribution >= 0.6 is 11.3 Å². The molecule has 0 radical (unpaired) electrons. The maximum Gasteiger partial charge on any atom is 0.180 e. The SMILES string of the molecule is Cc1ccc(F)c(C(=O)Cc2csc(N)n2)c1F. The summed E-state index contributed by atoms with van der Waals surface area (Å²) in [5.74, 6) is -2.31. The van der Waals surface area contributed by atoms with Gasteiger partial charge in [-0.05, 0) is 18.6 Å². The summed E-state index contributed by atoms with van der Waals surface area (Å²) < 4.78 is 27.2. The monoisotopic (exact) mass is 268 g/mol. The van der Waals surface area contributed by atoms with E-state index < -0.39 is 23.0 Å². The Bertz CT molecular complexity index is 610. The molecular weight excluding hydrogens is 258 g/mol. The highest BCUT2D eigenvalue weighted by Crippen LogP contribution is 2.19. The number of ketones is 1. The van der Waals surface area contributed by atoms with Crippen LogP contribution in [0, 0.1) is 18.6 Å². The first-order valence-electron chi connectivity index (χ1n) is 5.16. The van der Waals surface area contributed by atoms with Gasteiger partial charge < -0.3 is 5.73 Å². The van der Waals surface area contributed by atoms with Crippen LogP contribution in [0.25, 0.3) is 0 Å². The van der Waals surface area contributed by atoms with Gasteiger partial charge in [-0.15, -0.1) is 11.3 Å². The first-order valence-corrected chi connectivity index (χ1v) is 6.04. The first-order chi connectivity index (χ1) is 8.49. The van der Waals surface area contributed by atoms with E-state index in [-0.39, 0.29) is 12.0 Å². The molecule has 0 aliphatic rings. The van der Waals surface area contributed by atoms with Gasteiger partial charge in [0, 0.05) is 5.38 Å². The molecule has 94 valence electrons. The number of Topliss-reactive ketones (excluding diaryl/α,β-unsaturated/α-hetero) is 1. The lowest BCUT2D eigenvalue weighted by Gasteiger charge is -2.05. The molecule has 6 heteroatoms. The summed E-state index contributed by atoms with van der Waals surface area (Å²) in [4.78, 5) is 15.7. The van der Waals surface area contributed by atoms with Crippen molar-refractivity contribution in [1.29, 1.82) is 0 Å². The summed E-state index contributed by atoms with van der Waals surface area (Å²) >= 11 is 1.18. The predicted molar refractivity (Wildman–Crippen MR) is 65.7 cm³/mol. The minimum atomic E-state index is -0.855. The molecule has 2 rings (SSSR count). The van der Waals surface area contributed by atoms with Gasteiger partial charge in [0.05, 0.1) is 17.7 Å². The van der Waals surface area contributed by atoms with Crippen molar-refractivity contribution < 1.29 is 13.6 Å². The largest absolute Gasteiger partial charge is 0.375 e. The Kier molecular flexibility index (Phi) is 3.38. The van der Waals surface area contributed by atoms with Gasteiger partial charge in [0.15, 0.2) is 10.9 Å². The maximum atomic E-state index is 13.7. The Hall–Kier alpha value is -1.82. The first kappa shape index (κ1) is 12.6. The van der Waals surface area contributed by atoms with E-state index in [0.717, 1.165) is 6.07 Å². The molecule has 18 heavy (non-hydrogen) atoms. The van der Waals surface area contributed by atoms with Gasteiger partial charge in [-0.25, -0.2) is 13.8 Å². The van der Waals surface area contributed by atoms with Crippen molar-refractivity contribution in [3.63, 3.8) is 0 Å². The number of nitrogens with zero attached hydrogens (tertiary/aromatic N) is 1. The van der Waals surface area contributed by atoms with Crippen LogP contribution in [0.5, 0.6) is 0 Å². The van der Waals surface area contributed by atoms with Crippen molar-refractivity contribution >= 4 is 22.3 Å². The van der Waals surface area contributed by atoms with Crippen LogP contribution in [0.3, 0.4) is 0 Å². The fourth-order valence-corrected chi connectivity index (χ4v) is 2.13. The topological polar surface area (TPSA) is 56.0 Å². The molecule has 1 aromatic heterocycles. The average molecular weight is 268 g/mol. The fraction of sp³-hybridized carbons (Fsp3) is 0.167. The molecule has 1 aromatic carbocycles. The van der Waals surface area contributed by atoms with Crippen molar-refractivity contribution in [3.8, 4) is 0 Å². The molecule has 0 aliphatic heterocycles. The molecule has 1 heterocycles. The Morgan fingerprint density at radius 1 is 1.44 bits per heavy atom. The number of aryl methyl sites for hydroxylation is 1. The van der Waals surface area contributed by atoms with Crippen LogP contribution < -0.4 is 5.73 Å². The third-order valence-electron chi connectivity index (χ3n) is 2.47. The lowest BCUT2D eigenvalue weighted by atomic mass is 10.0. The summed E-state index contributed by atoms with van der Waals surface area (Å²) in [5.41, 5.74) is 5.57. The summed E-state index contributed by atoms with van der Waals surface area (Å²) in [6, 6.07) is 2.38. The summed E-state index contributed by atoms with van der Waals surface area (Å²) in [5, 5.41) is 1.92. The van der Waals surface area contributed by atoms with Crippen LogP contribution in [0.15, 0.2) is 17.5 Å². The molecule has 0 saturated heterocycles. The van der Waals surface area contributed by atoms with Crippen molar-refractivity contribution in [2.45, 2.75) is 13.3 Å². The zero-order chi connectivity index (χ0) is 13.3. The maximum absolute atomic E-state index is 13.7. The lowest BCUT2D eigenvalue weighted by molar-refractivity contribution is 0.0984. The zero-order valence-electron chi connectivity index (χ0n) is 9.54. The number of rotatable bonds is 3. The number of halogens is 2. The number of carbonyl (C=O) groups is 1. The Balaban J connectivity index is 2.32.